The highest BCUT2D eigenvalue weighted by Crippen LogP contribution is 2.32. The normalized spacial score (nSPS) is 10.5. The van der Waals surface area contributed by atoms with Gasteiger partial charge in [0.05, 0.1) is 9.90 Å². The van der Waals surface area contributed by atoms with Gasteiger partial charge < -0.3 is 5.32 Å². The zero-order valence-corrected chi connectivity index (χ0v) is 9.90. The molecule has 0 aliphatic rings. The smallest absolute Gasteiger partial charge is 0.0592 e. The highest BCUT2D eigenvalue weighted by atomic mass is 35.5. The van der Waals surface area contributed by atoms with Crippen molar-refractivity contribution in [2.75, 3.05) is 7.05 Å². The molecule has 2 heterocycles. The maximum absolute atomic E-state index is 6.07. The average molecular weight is 239 g/mol. The van der Waals surface area contributed by atoms with Crippen molar-refractivity contribution in [1.82, 2.24) is 10.3 Å². The van der Waals surface area contributed by atoms with Crippen LogP contribution in [-0.2, 0) is 6.54 Å². The summed E-state index contributed by atoms with van der Waals surface area (Å²) in [7, 11) is 1.92. The van der Waals surface area contributed by atoms with Crippen molar-refractivity contribution in [3.8, 4) is 10.4 Å². The van der Waals surface area contributed by atoms with Gasteiger partial charge in [0.2, 0.25) is 0 Å². The highest BCUT2D eigenvalue weighted by molar-refractivity contribution is 7.14. The Kier molecular flexibility index (Phi) is 3.36. The maximum atomic E-state index is 6.07. The molecule has 0 aliphatic carbocycles. The van der Waals surface area contributed by atoms with E-state index in [1.165, 1.54) is 5.56 Å². The fourth-order valence-electron chi connectivity index (χ4n) is 1.41. The van der Waals surface area contributed by atoms with E-state index in [1.807, 2.05) is 30.9 Å². The van der Waals surface area contributed by atoms with E-state index in [9.17, 15) is 0 Å². The van der Waals surface area contributed by atoms with Crippen LogP contribution >= 0.6 is 22.9 Å². The topological polar surface area (TPSA) is 24.9 Å². The predicted molar refractivity (Wildman–Crippen MR) is 65.3 cm³/mol. The van der Waals surface area contributed by atoms with E-state index in [4.69, 9.17) is 11.6 Å². The lowest BCUT2D eigenvalue weighted by Crippen LogP contribution is -2.05. The Balaban J connectivity index is 2.37. The van der Waals surface area contributed by atoms with Crippen LogP contribution in [0.5, 0.6) is 0 Å². The number of aromatic nitrogens is 1. The molecule has 0 aromatic carbocycles. The fourth-order valence-corrected chi connectivity index (χ4v) is 2.56. The van der Waals surface area contributed by atoms with Gasteiger partial charge in [-0.3, -0.25) is 4.98 Å². The molecule has 0 spiro atoms. The van der Waals surface area contributed by atoms with Crippen LogP contribution in [0.4, 0.5) is 0 Å². The molecule has 0 radical (unpaired) electrons. The molecule has 2 rings (SSSR count). The van der Waals surface area contributed by atoms with Crippen LogP contribution in [-0.4, -0.2) is 12.0 Å². The van der Waals surface area contributed by atoms with Gasteiger partial charge in [0.25, 0.3) is 0 Å². The van der Waals surface area contributed by atoms with Crippen molar-refractivity contribution in [2.45, 2.75) is 6.54 Å². The lowest BCUT2D eigenvalue weighted by molar-refractivity contribution is 0.814. The summed E-state index contributed by atoms with van der Waals surface area (Å²) in [6.45, 7) is 0.823. The number of nitrogens with zero attached hydrogens (tertiary/aromatic N) is 1. The van der Waals surface area contributed by atoms with Gasteiger partial charge in [-0.2, -0.15) is 0 Å². The monoisotopic (exact) mass is 238 g/mol. The summed E-state index contributed by atoms with van der Waals surface area (Å²) in [5.74, 6) is 0. The number of pyridine rings is 1. The second-order valence-corrected chi connectivity index (χ2v) is 4.53. The number of halogens is 1. The summed E-state index contributed by atoms with van der Waals surface area (Å²) in [6.07, 6.45) is 3.71. The molecule has 1 N–H and O–H groups in total. The van der Waals surface area contributed by atoms with Crippen LogP contribution in [0, 0.1) is 0 Å². The summed E-state index contributed by atoms with van der Waals surface area (Å²) in [4.78, 5) is 5.29. The van der Waals surface area contributed by atoms with E-state index in [-0.39, 0.29) is 0 Å². The molecule has 0 atom stereocenters. The Bertz CT molecular complexity index is 453. The van der Waals surface area contributed by atoms with Crippen LogP contribution in [0.1, 0.15) is 5.56 Å². The SMILES string of the molecule is CNCc1cncc(-c2sccc2Cl)c1. The van der Waals surface area contributed by atoms with E-state index < -0.39 is 0 Å². The van der Waals surface area contributed by atoms with Crippen LogP contribution in [0.2, 0.25) is 5.02 Å². The van der Waals surface area contributed by atoms with Crippen molar-refractivity contribution in [2.24, 2.45) is 0 Å². The van der Waals surface area contributed by atoms with Gasteiger partial charge in [-0.05, 0) is 30.1 Å². The molecule has 4 heteroatoms. The van der Waals surface area contributed by atoms with Crippen LogP contribution in [0.25, 0.3) is 10.4 Å². The molecule has 0 bridgehead atoms. The lowest BCUT2D eigenvalue weighted by Gasteiger charge is -2.02. The van der Waals surface area contributed by atoms with Gasteiger partial charge >= 0.3 is 0 Å². The molecule has 0 saturated carbocycles. The Labute approximate surface area is 97.9 Å². The zero-order valence-electron chi connectivity index (χ0n) is 8.33. The van der Waals surface area contributed by atoms with Gasteiger partial charge in [-0.15, -0.1) is 11.3 Å². The molecule has 0 amide bonds. The average Bonchev–Trinajstić information content (AvgIpc) is 2.65. The van der Waals surface area contributed by atoms with Gasteiger partial charge in [-0.25, -0.2) is 0 Å². The fraction of sp³-hybridized carbons (Fsp3) is 0.182. The largest absolute Gasteiger partial charge is 0.316 e. The third-order valence-corrected chi connectivity index (χ3v) is 3.45. The molecule has 0 saturated heterocycles. The molecule has 2 nitrogen and oxygen atoms in total. The third-order valence-electron chi connectivity index (χ3n) is 2.06. The van der Waals surface area contributed by atoms with Crippen molar-refractivity contribution >= 4 is 22.9 Å². The second kappa shape index (κ2) is 4.75. The van der Waals surface area contributed by atoms with Crippen molar-refractivity contribution in [3.05, 3.63) is 40.5 Å². The molecule has 0 fully saturated rings. The molecular formula is C11H11ClN2S. The minimum atomic E-state index is 0.795. The summed E-state index contributed by atoms with van der Waals surface area (Å²) in [5.41, 5.74) is 2.25. The Morgan fingerprint density at radius 1 is 1.47 bits per heavy atom. The minimum absolute atomic E-state index is 0.795. The first-order valence-electron chi connectivity index (χ1n) is 4.63. The molecule has 15 heavy (non-hydrogen) atoms. The standard InChI is InChI=1S/C11H11ClN2S/c1-13-5-8-4-9(7-14-6-8)11-10(12)2-3-15-11/h2-4,6-7,13H,5H2,1H3. The van der Waals surface area contributed by atoms with E-state index in [2.05, 4.69) is 16.4 Å². The first kappa shape index (κ1) is 10.6. The second-order valence-electron chi connectivity index (χ2n) is 3.21. The summed E-state index contributed by atoms with van der Waals surface area (Å²) < 4.78 is 0. The molecule has 0 unspecified atom stereocenters. The minimum Gasteiger partial charge on any atom is -0.316 e. The van der Waals surface area contributed by atoms with Crippen LogP contribution in [0.15, 0.2) is 29.9 Å². The summed E-state index contributed by atoms with van der Waals surface area (Å²) in [6, 6.07) is 4.02. The van der Waals surface area contributed by atoms with E-state index in [0.29, 0.717) is 0 Å². The van der Waals surface area contributed by atoms with E-state index in [1.54, 1.807) is 11.3 Å². The Morgan fingerprint density at radius 2 is 2.33 bits per heavy atom. The van der Waals surface area contributed by atoms with Gasteiger partial charge in [0.1, 0.15) is 0 Å². The number of rotatable bonds is 3. The predicted octanol–water partition coefficient (Wildman–Crippen LogP) is 3.18. The summed E-state index contributed by atoms with van der Waals surface area (Å²) in [5, 5.41) is 5.88. The van der Waals surface area contributed by atoms with E-state index in [0.717, 1.165) is 22.0 Å². The quantitative estimate of drug-likeness (QED) is 0.889. The first-order valence-corrected chi connectivity index (χ1v) is 5.89. The van der Waals surface area contributed by atoms with Gasteiger partial charge in [0, 0.05) is 24.5 Å². The highest BCUT2D eigenvalue weighted by Gasteiger charge is 2.05. The third kappa shape index (κ3) is 2.37. The molecule has 2 aromatic heterocycles. The zero-order chi connectivity index (χ0) is 10.7. The number of thiophene rings is 1. The molecule has 78 valence electrons. The number of hydrogen-bond acceptors (Lipinski definition) is 3. The number of nitrogens with one attached hydrogen (secondary N) is 1. The van der Waals surface area contributed by atoms with Crippen molar-refractivity contribution in [1.29, 1.82) is 0 Å². The van der Waals surface area contributed by atoms with Gasteiger partial charge in [-0.1, -0.05) is 11.6 Å². The Hall–Kier alpha value is -0.900. The van der Waals surface area contributed by atoms with E-state index >= 15 is 0 Å². The molecular weight excluding hydrogens is 228 g/mol. The molecule has 2 aromatic rings. The van der Waals surface area contributed by atoms with Gasteiger partial charge in [0.15, 0.2) is 0 Å². The first-order chi connectivity index (χ1) is 7.31. The van der Waals surface area contributed by atoms with Crippen LogP contribution in [0.3, 0.4) is 0 Å². The maximum Gasteiger partial charge on any atom is 0.0592 e. The number of hydrogen-bond donors (Lipinski definition) is 1. The molecule has 0 aliphatic heterocycles. The van der Waals surface area contributed by atoms with Crippen molar-refractivity contribution < 1.29 is 0 Å². The Morgan fingerprint density at radius 3 is 3.00 bits per heavy atom. The summed E-state index contributed by atoms with van der Waals surface area (Å²) >= 11 is 7.71. The lowest BCUT2D eigenvalue weighted by atomic mass is 10.2. The van der Waals surface area contributed by atoms with Crippen LogP contribution < -0.4 is 5.32 Å². The van der Waals surface area contributed by atoms with Crippen molar-refractivity contribution in [3.63, 3.8) is 0 Å².